The number of carbonyl (C=O) groups is 1. The number of hydrogen-bond donors (Lipinski definition) is 2. The lowest BCUT2D eigenvalue weighted by atomic mass is 10.0. The normalized spacial score (nSPS) is 22.9. The summed E-state index contributed by atoms with van der Waals surface area (Å²) in [5.74, 6) is -0.416. The van der Waals surface area contributed by atoms with Gasteiger partial charge in [-0.25, -0.2) is 8.42 Å². The highest BCUT2D eigenvalue weighted by molar-refractivity contribution is 7.89. The minimum Gasteiger partial charge on any atom is -0.336 e. The van der Waals surface area contributed by atoms with Crippen LogP contribution in [0.15, 0.2) is 70.9 Å². The van der Waals surface area contributed by atoms with Crippen LogP contribution in [0, 0.1) is 11.3 Å². The molecule has 2 aliphatic rings. The molecule has 1 saturated heterocycles. The average Bonchev–Trinajstić information content (AvgIpc) is 3.40. The van der Waals surface area contributed by atoms with E-state index in [2.05, 4.69) is 16.3 Å². The van der Waals surface area contributed by atoms with E-state index in [1.165, 1.54) is 0 Å². The summed E-state index contributed by atoms with van der Waals surface area (Å²) in [5.41, 5.74) is 7.98. The Morgan fingerprint density at radius 3 is 2.32 bits per heavy atom. The smallest absolute Gasteiger partial charge is 0.243 e. The fourth-order valence-corrected chi connectivity index (χ4v) is 7.10. The number of nitrogens with zero attached hydrogens (tertiary/aromatic N) is 3. The number of likely N-dealkylation sites (N-methyl/N-ethyl adjacent to an activating group) is 1. The van der Waals surface area contributed by atoms with Crippen molar-refractivity contribution in [1.82, 2.24) is 14.5 Å². The Bertz CT molecular complexity index is 1430. The van der Waals surface area contributed by atoms with E-state index in [9.17, 15) is 18.5 Å². The summed E-state index contributed by atoms with van der Waals surface area (Å²) >= 11 is 1.55. The second-order valence-electron chi connectivity index (χ2n) is 10.1. The number of thiophene rings is 1. The van der Waals surface area contributed by atoms with Gasteiger partial charge in [0.1, 0.15) is 5.54 Å². The highest BCUT2D eigenvalue weighted by Crippen LogP contribution is 2.51. The van der Waals surface area contributed by atoms with Crippen LogP contribution in [-0.2, 0) is 21.2 Å². The summed E-state index contributed by atoms with van der Waals surface area (Å²) in [6.07, 6.45) is 0.985. The third-order valence-corrected chi connectivity index (χ3v) is 10.3. The molecule has 2 fully saturated rings. The predicted octanol–water partition coefficient (Wildman–Crippen LogP) is 2.79. The van der Waals surface area contributed by atoms with E-state index >= 15 is 0 Å². The molecule has 1 aliphatic heterocycles. The van der Waals surface area contributed by atoms with Gasteiger partial charge in [0.2, 0.25) is 15.9 Å². The zero-order chi connectivity index (χ0) is 26.9. The lowest BCUT2D eigenvalue weighted by Crippen LogP contribution is -2.47. The van der Waals surface area contributed by atoms with Gasteiger partial charge in [0.25, 0.3) is 0 Å². The quantitative estimate of drug-likeness (QED) is 0.446. The van der Waals surface area contributed by atoms with E-state index < -0.39 is 21.6 Å². The third-order valence-electron chi connectivity index (χ3n) is 7.45. The third kappa shape index (κ3) is 5.39. The van der Waals surface area contributed by atoms with Gasteiger partial charge in [-0.15, -0.1) is 11.3 Å². The monoisotopic (exact) mass is 549 g/mol. The summed E-state index contributed by atoms with van der Waals surface area (Å²) < 4.78 is 27.5. The number of piperazine rings is 1. The first kappa shape index (κ1) is 26.5. The Labute approximate surface area is 227 Å². The van der Waals surface area contributed by atoms with Gasteiger partial charge in [0, 0.05) is 43.4 Å². The van der Waals surface area contributed by atoms with Gasteiger partial charge in [0.15, 0.2) is 0 Å². The molecule has 8 nitrogen and oxygen atoms in total. The van der Waals surface area contributed by atoms with Gasteiger partial charge in [0.05, 0.1) is 17.0 Å². The van der Waals surface area contributed by atoms with Crippen molar-refractivity contribution < 1.29 is 13.2 Å². The number of amides is 1. The van der Waals surface area contributed by atoms with Crippen molar-refractivity contribution in [2.75, 3.05) is 33.2 Å². The van der Waals surface area contributed by atoms with Crippen LogP contribution in [0.4, 0.5) is 0 Å². The number of nitriles is 1. The number of rotatable bonds is 8. The van der Waals surface area contributed by atoms with Gasteiger partial charge in [-0.3, -0.25) is 4.79 Å². The number of nitrogens with two attached hydrogens (primary N) is 1. The van der Waals surface area contributed by atoms with Crippen LogP contribution >= 0.6 is 11.3 Å². The Balaban J connectivity index is 1.23. The van der Waals surface area contributed by atoms with Gasteiger partial charge >= 0.3 is 0 Å². The number of sulfonamides is 1. The Morgan fingerprint density at radius 2 is 1.74 bits per heavy atom. The van der Waals surface area contributed by atoms with E-state index in [1.807, 2.05) is 61.0 Å². The summed E-state index contributed by atoms with van der Waals surface area (Å²) in [4.78, 5) is 16.1. The van der Waals surface area contributed by atoms with Gasteiger partial charge in [-0.2, -0.15) is 9.57 Å². The molecule has 1 saturated carbocycles. The summed E-state index contributed by atoms with van der Waals surface area (Å²) in [6, 6.07) is 20.3. The molecule has 2 aromatic carbocycles. The van der Waals surface area contributed by atoms with Crippen molar-refractivity contribution in [1.29, 1.82) is 5.26 Å². The van der Waals surface area contributed by atoms with Crippen LogP contribution in [0.25, 0.3) is 11.1 Å². The highest BCUT2D eigenvalue weighted by atomic mass is 32.2. The lowest BCUT2D eigenvalue weighted by molar-refractivity contribution is -0.122. The summed E-state index contributed by atoms with van der Waals surface area (Å²) in [7, 11) is -1.52. The number of carbonyl (C=O) groups excluding carboxylic acids is 1. The fraction of sp³-hybridized carbons (Fsp3) is 0.357. The van der Waals surface area contributed by atoms with E-state index in [0.717, 1.165) is 34.7 Å². The number of benzene rings is 2. The topological polar surface area (TPSA) is 120 Å². The summed E-state index contributed by atoms with van der Waals surface area (Å²) in [6.45, 7) is 2.44. The molecule has 0 spiro atoms. The molecule has 3 aromatic rings. The van der Waals surface area contributed by atoms with E-state index in [0.29, 0.717) is 30.8 Å². The maximum atomic E-state index is 13.0. The van der Waals surface area contributed by atoms with Crippen molar-refractivity contribution in [2.45, 2.75) is 35.2 Å². The van der Waals surface area contributed by atoms with Gasteiger partial charge < -0.3 is 16.0 Å². The molecular weight excluding hydrogens is 518 g/mol. The van der Waals surface area contributed by atoms with E-state index in [4.69, 9.17) is 5.73 Å². The maximum Gasteiger partial charge on any atom is 0.243 e. The molecule has 1 amide bonds. The molecule has 2 heterocycles. The van der Waals surface area contributed by atoms with Crippen LogP contribution in [0.5, 0.6) is 0 Å². The lowest BCUT2D eigenvalue weighted by Gasteiger charge is -2.31. The molecule has 10 heteroatoms. The van der Waals surface area contributed by atoms with Crippen LogP contribution < -0.4 is 11.1 Å². The van der Waals surface area contributed by atoms with Crippen molar-refractivity contribution >= 4 is 27.3 Å². The van der Waals surface area contributed by atoms with Crippen LogP contribution in [0.2, 0.25) is 0 Å². The average molecular weight is 550 g/mol. The molecule has 5 rings (SSSR count). The largest absolute Gasteiger partial charge is 0.336 e. The highest BCUT2D eigenvalue weighted by Gasteiger charge is 2.57. The van der Waals surface area contributed by atoms with Crippen LogP contribution in [0.3, 0.4) is 0 Å². The molecule has 38 heavy (non-hydrogen) atoms. The fourth-order valence-electron chi connectivity index (χ4n) is 4.91. The molecule has 3 atom stereocenters. The first-order valence-electron chi connectivity index (χ1n) is 12.6. The second-order valence-corrected chi connectivity index (χ2v) is 13.0. The first-order chi connectivity index (χ1) is 18.2. The van der Waals surface area contributed by atoms with Crippen LogP contribution in [-0.4, -0.2) is 68.3 Å². The Hall–Kier alpha value is -3.07. The standard InChI is InChI=1S/C28H31N5O3S2/c1-32-12-14-33(15-13-32)38(35,36)24-10-8-21(9-11-24)20-4-6-22(7-5-20)25-18-28(25,19-29)31-27(34)26(30)17-23-3-2-16-37-23/h2-11,16,25-26H,12-15,17-18,30H2,1H3,(H,31,34)/t25-,26+,28+/m1/s1. The predicted molar refractivity (Wildman–Crippen MR) is 148 cm³/mol. The SMILES string of the molecule is CN1CCN(S(=O)(=O)c2ccc(-c3ccc([C@H]4C[C@@]4(C#N)NC(=O)[C@@H](N)Cc4cccs4)cc3)cc2)CC1. The maximum absolute atomic E-state index is 13.0. The van der Waals surface area contributed by atoms with Crippen LogP contribution in [0.1, 0.15) is 22.8 Å². The zero-order valence-electron chi connectivity index (χ0n) is 21.2. The molecular formula is C28H31N5O3S2. The minimum atomic E-state index is -3.51. The first-order valence-corrected chi connectivity index (χ1v) is 14.9. The number of nitrogens with one attached hydrogen (secondary N) is 1. The molecule has 1 aromatic heterocycles. The van der Waals surface area contributed by atoms with E-state index in [1.54, 1.807) is 27.8 Å². The van der Waals surface area contributed by atoms with Gasteiger partial charge in [-0.1, -0.05) is 42.5 Å². The molecule has 1 aliphatic carbocycles. The molecule has 0 bridgehead atoms. The summed E-state index contributed by atoms with van der Waals surface area (Å²) in [5, 5.41) is 14.7. The van der Waals surface area contributed by atoms with Gasteiger partial charge in [-0.05, 0) is 53.7 Å². The Morgan fingerprint density at radius 1 is 1.11 bits per heavy atom. The van der Waals surface area contributed by atoms with Crippen molar-refractivity contribution in [3.05, 3.63) is 76.5 Å². The van der Waals surface area contributed by atoms with Crippen molar-refractivity contribution in [3.8, 4) is 17.2 Å². The molecule has 3 N–H and O–H groups in total. The van der Waals surface area contributed by atoms with E-state index in [-0.39, 0.29) is 11.8 Å². The minimum absolute atomic E-state index is 0.101. The zero-order valence-corrected chi connectivity index (χ0v) is 22.8. The second kappa shape index (κ2) is 10.6. The molecule has 0 radical (unpaired) electrons. The van der Waals surface area contributed by atoms with Crippen molar-refractivity contribution in [3.63, 3.8) is 0 Å². The van der Waals surface area contributed by atoms with Crippen molar-refractivity contribution in [2.24, 2.45) is 5.73 Å². The number of hydrogen-bond acceptors (Lipinski definition) is 7. The Kier molecular flexibility index (Phi) is 7.40. The molecule has 198 valence electrons. The molecule has 0 unspecified atom stereocenters.